The fraction of sp³-hybridized carbons (Fsp3) is 0.267. The predicted molar refractivity (Wildman–Crippen MR) is 73.0 cm³/mol. The molecule has 1 amide bonds. The SMILES string of the molecule is CC(=O)NC1(c2c(F)cc(C(=O)n3ccnc3)c(F)c2F)CC1. The molecule has 1 aliphatic rings. The van der Waals surface area contributed by atoms with Crippen LogP contribution in [0.25, 0.3) is 0 Å². The fourth-order valence-electron chi connectivity index (χ4n) is 2.61. The van der Waals surface area contributed by atoms with Gasteiger partial charge in [-0.2, -0.15) is 0 Å². The van der Waals surface area contributed by atoms with Crippen LogP contribution in [-0.2, 0) is 10.3 Å². The number of hydrogen-bond acceptors (Lipinski definition) is 3. The molecule has 0 unspecified atom stereocenters. The highest BCUT2D eigenvalue weighted by atomic mass is 19.2. The molecule has 0 saturated heterocycles. The van der Waals surface area contributed by atoms with Gasteiger partial charge in [0.1, 0.15) is 12.1 Å². The van der Waals surface area contributed by atoms with Crippen LogP contribution in [0.2, 0.25) is 0 Å². The second-order valence-corrected chi connectivity index (χ2v) is 5.45. The van der Waals surface area contributed by atoms with Crippen LogP contribution in [-0.4, -0.2) is 21.4 Å². The molecule has 1 saturated carbocycles. The highest BCUT2D eigenvalue weighted by Crippen LogP contribution is 2.48. The lowest BCUT2D eigenvalue weighted by Crippen LogP contribution is -2.35. The maximum atomic E-state index is 14.4. The number of carbonyl (C=O) groups excluding carboxylic acids is 2. The lowest BCUT2D eigenvalue weighted by molar-refractivity contribution is -0.120. The molecule has 2 aromatic rings. The van der Waals surface area contributed by atoms with Gasteiger partial charge < -0.3 is 5.32 Å². The van der Waals surface area contributed by atoms with Crippen LogP contribution in [0.1, 0.15) is 35.7 Å². The van der Waals surface area contributed by atoms with Gasteiger partial charge in [0, 0.05) is 19.3 Å². The highest BCUT2D eigenvalue weighted by molar-refractivity contribution is 5.96. The summed E-state index contributed by atoms with van der Waals surface area (Å²) in [4.78, 5) is 26.9. The summed E-state index contributed by atoms with van der Waals surface area (Å²) in [5.41, 5.74) is -2.52. The molecule has 0 radical (unpaired) electrons. The Bertz CT molecular complexity index is 799. The molecule has 1 aromatic heterocycles. The topological polar surface area (TPSA) is 64.0 Å². The summed E-state index contributed by atoms with van der Waals surface area (Å²) < 4.78 is 43.9. The standard InChI is InChI=1S/C15H12F3N3O2/c1-8(22)20-15(2-3-15)11-10(16)6-9(12(17)13(11)18)14(23)21-5-4-19-7-21/h4-7H,2-3H2,1H3,(H,20,22). The Hall–Kier alpha value is -2.64. The van der Waals surface area contributed by atoms with Crippen molar-refractivity contribution in [1.29, 1.82) is 0 Å². The van der Waals surface area contributed by atoms with Gasteiger partial charge in [0.15, 0.2) is 11.6 Å². The molecular weight excluding hydrogens is 311 g/mol. The van der Waals surface area contributed by atoms with Gasteiger partial charge in [0.25, 0.3) is 5.91 Å². The third kappa shape index (κ3) is 2.49. The maximum absolute atomic E-state index is 14.4. The van der Waals surface area contributed by atoms with Crippen LogP contribution in [0, 0.1) is 17.5 Å². The zero-order valence-corrected chi connectivity index (χ0v) is 12.1. The largest absolute Gasteiger partial charge is 0.347 e. The third-order valence-electron chi connectivity index (χ3n) is 3.77. The molecule has 5 nitrogen and oxygen atoms in total. The zero-order chi connectivity index (χ0) is 16.8. The van der Waals surface area contributed by atoms with E-state index in [1.165, 1.54) is 19.3 Å². The maximum Gasteiger partial charge on any atom is 0.266 e. The number of nitrogens with one attached hydrogen (secondary N) is 1. The minimum absolute atomic E-state index is 0.300. The van der Waals surface area contributed by atoms with E-state index in [0.717, 1.165) is 10.9 Å². The number of carbonyl (C=O) groups is 2. The van der Waals surface area contributed by atoms with Crippen LogP contribution in [0.4, 0.5) is 13.2 Å². The van der Waals surface area contributed by atoms with Gasteiger partial charge in [-0.25, -0.2) is 18.2 Å². The predicted octanol–water partition coefficient (Wildman–Crippen LogP) is 2.11. The first-order valence-electron chi connectivity index (χ1n) is 6.85. The highest BCUT2D eigenvalue weighted by Gasteiger charge is 2.50. The molecule has 0 bridgehead atoms. The first-order chi connectivity index (χ1) is 10.9. The summed E-state index contributed by atoms with van der Waals surface area (Å²) in [6.07, 6.45) is 4.23. The van der Waals surface area contributed by atoms with Crippen LogP contribution in [0.5, 0.6) is 0 Å². The van der Waals surface area contributed by atoms with Crippen LogP contribution in [0.3, 0.4) is 0 Å². The number of hydrogen-bond donors (Lipinski definition) is 1. The number of rotatable bonds is 3. The van der Waals surface area contributed by atoms with Crippen LogP contribution in [0.15, 0.2) is 24.8 Å². The van der Waals surface area contributed by atoms with E-state index in [9.17, 15) is 22.8 Å². The Morgan fingerprint density at radius 2 is 1.96 bits per heavy atom. The van der Waals surface area contributed by atoms with Crippen molar-refractivity contribution < 1.29 is 22.8 Å². The summed E-state index contributed by atoms with van der Waals surface area (Å²) in [5.74, 6) is -5.39. The second-order valence-electron chi connectivity index (χ2n) is 5.45. The van der Waals surface area contributed by atoms with E-state index in [1.807, 2.05) is 0 Å². The Labute approximate surface area is 129 Å². The lowest BCUT2D eigenvalue weighted by atomic mass is 9.99. The Morgan fingerprint density at radius 1 is 1.26 bits per heavy atom. The fourth-order valence-corrected chi connectivity index (χ4v) is 2.61. The van der Waals surface area contributed by atoms with Crippen molar-refractivity contribution in [2.75, 3.05) is 0 Å². The van der Waals surface area contributed by atoms with Gasteiger partial charge in [-0.1, -0.05) is 0 Å². The quantitative estimate of drug-likeness (QED) is 0.880. The van der Waals surface area contributed by atoms with E-state index in [0.29, 0.717) is 18.9 Å². The van der Waals surface area contributed by atoms with Gasteiger partial charge in [0.05, 0.1) is 16.7 Å². The van der Waals surface area contributed by atoms with Gasteiger partial charge >= 0.3 is 0 Å². The van der Waals surface area contributed by atoms with E-state index < -0.39 is 45.9 Å². The zero-order valence-electron chi connectivity index (χ0n) is 12.1. The molecular formula is C15H12F3N3O2. The average Bonchev–Trinajstić information content (AvgIpc) is 3.03. The third-order valence-corrected chi connectivity index (χ3v) is 3.77. The summed E-state index contributed by atoms with van der Waals surface area (Å²) >= 11 is 0. The van der Waals surface area contributed by atoms with E-state index in [1.54, 1.807) is 0 Å². The molecule has 1 aliphatic carbocycles. The molecule has 3 rings (SSSR count). The number of halogens is 3. The van der Waals surface area contributed by atoms with E-state index in [-0.39, 0.29) is 0 Å². The van der Waals surface area contributed by atoms with Crippen LogP contribution >= 0.6 is 0 Å². The minimum Gasteiger partial charge on any atom is -0.347 e. The normalized spacial score (nSPS) is 15.3. The van der Waals surface area contributed by atoms with Crippen molar-refractivity contribution >= 4 is 11.8 Å². The van der Waals surface area contributed by atoms with Crippen molar-refractivity contribution in [2.45, 2.75) is 25.3 Å². The first-order valence-corrected chi connectivity index (χ1v) is 6.85. The number of aromatic nitrogens is 2. The lowest BCUT2D eigenvalue weighted by Gasteiger charge is -2.19. The molecule has 0 spiro atoms. The number of amides is 1. The molecule has 1 N–H and O–H groups in total. The molecule has 1 aromatic carbocycles. The van der Waals surface area contributed by atoms with E-state index >= 15 is 0 Å². The summed E-state index contributed by atoms with van der Waals surface area (Å²) in [6, 6.07) is 0.651. The molecule has 1 fully saturated rings. The summed E-state index contributed by atoms with van der Waals surface area (Å²) in [6.45, 7) is 1.21. The van der Waals surface area contributed by atoms with Crippen LogP contribution < -0.4 is 5.32 Å². The van der Waals surface area contributed by atoms with E-state index in [2.05, 4.69) is 10.3 Å². The van der Waals surface area contributed by atoms with Crippen molar-refractivity contribution in [3.63, 3.8) is 0 Å². The molecule has 0 atom stereocenters. The van der Waals surface area contributed by atoms with Crippen molar-refractivity contribution in [3.8, 4) is 0 Å². The van der Waals surface area contributed by atoms with E-state index in [4.69, 9.17) is 0 Å². The number of nitrogens with zero attached hydrogens (tertiary/aromatic N) is 2. The van der Waals surface area contributed by atoms with Crippen molar-refractivity contribution in [1.82, 2.24) is 14.9 Å². The Balaban J connectivity index is 2.08. The Morgan fingerprint density at radius 3 is 2.48 bits per heavy atom. The average molecular weight is 323 g/mol. The minimum atomic E-state index is -1.46. The number of imidazole rings is 1. The van der Waals surface area contributed by atoms with Gasteiger partial charge in [0.2, 0.25) is 5.91 Å². The van der Waals surface area contributed by atoms with Gasteiger partial charge in [-0.05, 0) is 18.9 Å². The van der Waals surface area contributed by atoms with Crippen molar-refractivity contribution in [2.24, 2.45) is 0 Å². The smallest absolute Gasteiger partial charge is 0.266 e. The summed E-state index contributed by atoms with van der Waals surface area (Å²) in [7, 11) is 0. The molecule has 23 heavy (non-hydrogen) atoms. The van der Waals surface area contributed by atoms with Gasteiger partial charge in [-0.15, -0.1) is 0 Å². The Kier molecular flexibility index (Phi) is 3.46. The number of benzene rings is 1. The summed E-state index contributed by atoms with van der Waals surface area (Å²) in [5, 5.41) is 2.45. The van der Waals surface area contributed by atoms with Gasteiger partial charge in [-0.3, -0.25) is 14.2 Å². The molecule has 0 aliphatic heterocycles. The molecule has 8 heteroatoms. The second kappa shape index (κ2) is 5.22. The van der Waals surface area contributed by atoms with Crippen molar-refractivity contribution in [3.05, 3.63) is 53.4 Å². The monoisotopic (exact) mass is 323 g/mol. The molecule has 120 valence electrons. The first kappa shape index (κ1) is 15.3. The molecule has 1 heterocycles.